The number of hydrogen-bond donors (Lipinski definition) is 1. The molecule has 0 aliphatic carbocycles. The monoisotopic (exact) mass is 421 g/mol. The Balaban J connectivity index is 1.64. The molecule has 32 heavy (non-hydrogen) atoms. The summed E-state index contributed by atoms with van der Waals surface area (Å²) < 4.78 is 11.2. The van der Waals surface area contributed by atoms with Gasteiger partial charge in [-0.1, -0.05) is 12.1 Å². The van der Waals surface area contributed by atoms with Crippen LogP contribution in [0.25, 0.3) is 56.2 Å². The van der Waals surface area contributed by atoms with Crippen LogP contribution in [0, 0.1) is 6.92 Å². The third-order valence-electron chi connectivity index (χ3n) is 5.19. The molecule has 0 fully saturated rings. The van der Waals surface area contributed by atoms with E-state index in [2.05, 4.69) is 15.0 Å². The van der Waals surface area contributed by atoms with E-state index in [1.54, 1.807) is 12.3 Å². The van der Waals surface area contributed by atoms with Gasteiger partial charge in [-0.3, -0.25) is 9.78 Å². The van der Waals surface area contributed by atoms with Crippen molar-refractivity contribution in [2.24, 2.45) is 0 Å². The highest BCUT2D eigenvalue weighted by molar-refractivity contribution is 5.89. The smallest absolute Gasteiger partial charge is 0.262 e. The van der Waals surface area contributed by atoms with Gasteiger partial charge in [-0.25, -0.2) is 15.0 Å². The Labute approximate surface area is 180 Å². The van der Waals surface area contributed by atoms with Crippen molar-refractivity contribution in [2.45, 2.75) is 6.92 Å². The molecule has 0 radical (unpaired) electrons. The number of furan rings is 1. The van der Waals surface area contributed by atoms with Gasteiger partial charge in [0.2, 0.25) is 5.89 Å². The molecule has 6 aromatic rings. The second-order valence-corrected chi connectivity index (χ2v) is 7.33. The van der Waals surface area contributed by atoms with E-state index in [9.17, 15) is 4.79 Å². The molecule has 1 N–H and O–H groups in total. The topological polar surface area (TPSA) is 111 Å². The number of oxazole rings is 1. The maximum Gasteiger partial charge on any atom is 0.262 e. The van der Waals surface area contributed by atoms with Gasteiger partial charge in [0.15, 0.2) is 11.4 Å². The molecule has 0 unspecified atom stereocenters. The summed E-state index contributed by atoms with van der Waals surface area (Å²) in [5.41, 5.74) is 3.68. The van der Waals surface area contributed by atoms with E-state index in [0.29, 0.717) is 28.3 Å². The van der Waals surface area contributed by atoms with Crippen molar-refractivity contribution in [1.29, 1.82) is 0 Å². The van der Waals surface area contributed by atoms with E-state index >= 15 is 0 Å². The van der Waals surface area contributed by atoms with Crippen LogP contribution in [0.15, 0.2) is 80.8 Å². The summed E-state index contributed by atoms with van der Waals surface area (Å²) in [4.78, 5) is 33.5. The second-order valence-electron chi connectivity index (χ2n) is 7.33. The average molecular weight is 421 g/mol. The lowest BCUT2D eigenvalue weighted by molar-refractivity contribution is 0.546. The molecule has 0 aliphatic rings. The molecule has 0 amide bonds. The molecule has 5 aromatic heterocycles. The Bertz CT molecular complexity index is 1670. The van der Waals surface area contributed by atoms with Crippen LogP contribution in [0.2, 0.25) is 0 Å². The summed E-state index contributed by atoms with van der Waals surface area (Å²) in [6.07, 6.45) is 4.67. The van der Waals surface area contributed by atoms with Gasteiger partial charge < -0.3 is 13.8 Å². The summed E-state index contributed by atoms with van der Waals surface area (Å²) in [5.74, 6) is 1.54. The van der Waals surface area contributed by atoms with Crippen molar-refractivity contribution in [3.05, 3.63) is 83.3 Å². The van der Waals surface area contributed by atoms with Crippen LogP contribution in [0.5, 0.6) is 0 Å². The number of benzene rings is 1. The van der Waals surface area contributed by atoms with Gasteiger partial charge in [-0.15, -0.1) is 0 Å². The van der Waals surface area contributed by atoms with Gasteiger partial charge in [0.25, 0.3) is 5.56 Å². The van der Waals surface area contributed by atoms with Crippen LogP contribution in [0.1, 0.15) is 5.76 Å². The summed E-state index contributed by atoms with van der Waals surface area (Å²) in [7, 11) is 0. The van der Waals surface area contributed by atoms with Crippen LogP contribution in [0.3, 0.4) is 0 Å². The Kier molecular flexibility index (Phi) is 3.97. The number of hydrogen-bond acceptors (Lipinski definition) is 7. The lowest BCUT2D eigenvalue weighted by atomic mass is 10.0. The largest absolute Gasteiger partial charge is 0.460 e. The molecular weight excluding hydrogens is 406 g/mol. The van der Waals surface area contributed by atoms with E-state index in [1.165, 1.54) is 12.5 Å². The number of fused-ring (bicyclic) bond motifs is 2. The molecule has 8 nitrogen and oxygen atoms in total. The summed E-state index contributed by atoms with van der Waals surface area (Å²) in [6.45, 7) is 1.86. The van der Waals surface area contributed by atoms with Crippen molar-refractivity contribution in [3.8, 4) is 34.2 Å². The number of rotatable bonds is 3. The summed E-state index contributed by atoms with van der Waals surface area (Å²) >= 11 is 0. The molecule has 0 aliphatic heterocycles. The minimum Gasteiger partial charge on any atom is -0.460 e. The van der Waals surface area contributed by atoms with E-state index in [-0.39, 0.29) is 17.0 Å². The SMILES string of the molecule is Cc1ccc(-c2nc3[nH]c(=O)c(-c4ncco4)cc3nc2-c2ccc3ncccc3c2)o1. The number of aromatic amines is 1. The molecular formula is C24H15N5O3. The number of pyridine rings is 2. The predicted molar refractivity (Wildman–Crippen MR) is 119 cm³/mol. The Hall–Kier alpha value is -4.59. The highest BCUT2D eigenvalue weighted by Gasteiger charge is 2.19. The minimum absolute atomic E-state index is 0.221. The third kappa shape index (κ3) is 2.97. The van der Waals surface area contributed by atoms with Gasteiger partial charge in [0.05, 0.1) is 11.7 Å². The lowest BCUT2D eigenvalue weighted by Crippen LogP contribution is -2.11. The van der Waals surface area contributed by atoms with Gasteiger partial charge in [0.1, 0.15) is 34.5 Å². The highest BCUT2D eigenvalue weighted by atomic mass is 16.3. The van der Waals surface area contributed by atoms with Crippen LogP contribution in [0.4, 0.5) is 0 Å². The van der Waals surface area contributed by atoms with E-state index in [0.717, 1.165) is 22.2 Å². The molecule has 0 saturated heterocycles. The van der Waals surface area contributed by atoms with Crippen LogP contribution < -0.4 is 5.56 Å². The average Bonchev–Trinajstić information content (AvgIpc) is 3.49. The first-order chi connectivity index (χ1) is 15.7. The Morgan fingerprint density at radius 3 is 2.66 bits per heavy atom. The zero-order valence-corrected chi connectivity index (χ0v) is 16.9. The summed E-state index contributed by atoms with van der Waals surface area (Å²) in [5, 5.41) is 0.982. The van der Waals surface area contributed by atoms with Crippen molar-refractivity contribution < 1.29 is 8.83 Å². The fourth-order valence-corrected chi connectivity index (χ4v) is 3.69. The first kappa shape index (κ1) is 18.2. The molecule has 5 heterocycles. The molecule has 0 atom stereocenters. The van der Waals surface area contributed by atoms with Crippen molar-refractivity contribution in [3.63, 3.8) is 0 Å². The fourth-order valence-electron chi connectivity index (χ4n) is 3.69. The molecule has 1 aromatic carbocycles. The maximum atomic E-state index is 12.6. The molecule has 8 heteroatoms. The van der Waals surface area contributed by atoms with Gasteiger partial charge in [0, 0.05) is 17.1 Å². The van der Waals surface area contributed by atoms with E-state index in [4.69, 9.17) is 18.8 Å². The third-order valence-corrected chi connectivity index (χ3v) is 5.19. The molecule has 154 valence electrons. The number of aryl methyl sites for hydroxylation is 1. The molecule has 0 saturated carbocycles. The zero-order chi connectivity index (χ0) is 21.7. The van der Waals surface area contributed by atoms with Gasteiger partial charge in [-0.05, 0) is 43.3 Å². The normalized spacial score (nSPS) is 11.4. The van der Waals surface area contributed by atoms with Crippen LogP contribution in [-0.2, 0) is 0 Å². The first-order valence-electron chi connectivity index (χ1n) is 9.92. The number of nitrogens with zero attached hydrogens (tertiary/aromatic N) is 4. The quantitative estimate of drug-likeness (QED) is 0.439. The van der Waals surface area contributed by atoms with Crippen molar-refractivity contribution in [2.75, 3.05) is 0 Å². The number of H-pyrrole nitrogens is 1. The van der Waals surface area contributed by atoms with Gasteiger partial charge >= 0.3 is 0 Å². The van der Waals surface area contributed by atoms with Crippen LogP contribution in [-0.4, -0.2) is 24.9 Å². The molecule has 0 bridgehead atoms. The molecule has 0 spiro atoms. The maximum absolute atomic E-state index is 12.6. The van der Waals surface area contributed by atoms with Crippen molar-refractivity contribution >= 4 is 22.1 Å². The Morgan fingerprint density at radius 1 is 0.906 bits per heavy atom. The summed E-state index contributed by atoms with van der Waals surface area (Å²) in [6, 6.07) is 15.1. The number of nitrogens with one attached hydrogen (secondary N) is 1. The van der Waals surface area contributed by atoms with E-state index < -0.39 is 0 Å². The molecule has 6 rings (SSSR count). The highest BCUT2D eigenvalue weighted by Crippen LogP contribution is 2.33. The second kappa shape index (κ2) is 6.98. The Morgan fingerprint density at radius 2 is 1.84 bits per heavy atom. The minimum atomic E-state index is -0.361. The van der Waals surface area contributed by atoms with Crippen LogP contribution >= 0.6 is 0 Å². The fraction of sp³-hybridized carbons (Fsp3) is 0.0417. The number of aromatic nitrogens is 5. The zero-order valence-electron chi connectivity index (χ0n) is 16.9. The first-order valence-corrected chi connectivity index (χ1v) is 9.92. The lowest BCUT2D eigenvalue weighted by Gasteiger charge is -2.10. The van der Waals surface area contributed by atoms with Crippen molar-refractivity contribution in [1.82, 2.24) is 24.9 Å². The van der Waals surface area contributed by atoms with Gasteiger partial charge in [-0.2, -0.15) is 0 Å². The van der Waals surface area contributed by atoms with E-state index in [1.807, 2.05) is 49.4 Å². The predicted octanol–water partition coefficient (Wildman–Crippen LogP) is 4.76. The standard InChI is InChI=1S/C24H15N5O3/c1-13-4-7-19(32-13)21-20(15-5-6-17-14(11-15)3-2-8-25-17)27-18-12-16(24-26-9-10-31-24)23(30)29-22(18)28-21/h2-12H,1H3,(H,28,29,30).